The van der Waals surface area contributed by atoms with Gasteiger partial charge in [0, 0.05) is 6.04 Å². The van der Waals surface area contributed by atoms with Crippen molar-refractivity contribution in [3.8, 4) is 0 Å². The van der Waals surface area contributed by atoms with Crippen LogP contribution in [0.1, 0.15) is 98.3 Å². The summed E-state index contributed by atoms with van der Waals surface area (Å²) in [5, 5.41) is 0. The monoisotopic (exact) mass is 367 g/mol. The molecule has 0 saturated heterocycles. The molecule has 0 aromatic carbocycles. The minimum absolute atomic E-state index is 0.365. The van der Waals surface area contributed by atoms with E-state index in [1.165, 1.54) is 70.6 Å². The van der Waals surface area contributed by atoms with Crippen LogP contribution in [-0.4, -0.2) is 23.6 Å². The highest BCUT2D eigenvalue weighted by Crippen LogP contribution is 2.24. The van der Waals surface area contributed by atoms with E-state index < -0.39 is 10.4 Å². The van der Waals surface area contributed by atoms with Crippen molar-refractivity contribution in [3.05, 3.63) is 0 Å². The first-order valence-electron chi connectivity index (χ1n) is 9.58. The van der Waals surface area contributed by atoms with Crippen LogP contribution in [0.25, 0.3) is 0 Å². The van der Waals surface area contributed by atoms with E-state index in [0.717, 1.165) is 11.8 Å². The minimum Gasteiger partial charge on any atom is -0.328 e. The summed E-state index contributed by atoms with van der Waals surface area (Å²) < 4.78 is 31.6. The summed E-state index contributed by atoms with van der Waals surface area (Å²) in [4.78, 5) is 0. The molecule has 0 spiro atoms. The molecule has 0 aromatic heterocycles. The SMILES string of the molecule is CCCCCCCCCCCC(C(C)N)C(C)CC.O=S(=O)(O)O. The Labute approximate surface area is 150 Å². The van der Waals surface area contributed by atoms with Crippen LogP contribution in [0.5, 0.6) is 0 Å². The maximum Gasteiger partial charge on any atom is 0.394 e. The number of hydrogen-bond donors (Lipinski definition) is 3. The molecule has 0 heterocycles. The van der Waals surface area contributed by atoms with Crippen molar-refractivity contribution in [2.24, 2.45) is 17.6 Å². The van der Waals surface area contributed by atoms with Gasteiger partial charge in [-0.25, -0.2) is 0 Å². The van der Waals surface area contributed by atoms with Crippen LogP contribution in [0.4, 0.5) is 0 Å². The lowest BCUT2D eigenvalue weighted by molar-refractivity contribution is 0.276. The minimum atomic E-state index is -4.67. The summed E-state index contributed by atoms with van der Waals surface area (Å²) in [5.41, 5.74) is 6.12. The van der Waals surface area contributed by atoms with Crippen LogP contribution < -0.4 is 5.73 Å². The number of hydrogen-bond acceptors (Lipinski definition) is 3. The van der Waals surface area contributed by atoms with Gasteiger partial charge in [0.2, 0.25) is 0 Å². The topological polar surface area (TPSA) is 101 Å². The van der Waals surface area contributed by atoms with Gasteiger partial charge < -0.3 is 5.73 Å². The lowest BCUT2D eigenvalue weighted by Crippen LogP contribution is -2.31. The Hall–Kier alpha value is -0.170. The van der Waals surface area contributed by atoms with Gasteiger partial charge in [0.1, 0.15) is 0 Å². The fraction of sp³-hybridized carbons (Fsp3) is 1.00. The fourth-order valence-electron chi connectivity index (χ4n) is 3.06. The molecule has 0 aliphatic rings. The average Bonchev–Trinajstić information content (AvgIpc) is 2.46. The largest absolute Gasteiger partial charge is 0.394 e. The van der Waals surface area contributed by atoms with Gasteiger partial charge in [-0.05, 0) is 25.2 Å². The van der Waals surface area contributed by atoms with E-state index in [2.05, 4.69) is 27.7 Å². The second-order valence-corrected chi connectivity index (χ2v) is 7.87. The molecule has 0 amide bonds. The Morgan fingerprint density at radius 2 is 1.21 bits per heavy atom. The van der Waals surface area contributed by atoms with E-state index in [4.69, 9.17) is 23.3 Å². The van der Waals surface area contributed by atoms with Crippen molar-refractivity contribution in [1.29, 1.82) is 0 Å². The Balaban J connectivity index is 0. The van der Waals surface area contributed by atoms with Gasteiger partial charge in [0.15, 0.2) is 0 Å². The van der Waals surface area contributed by atoms with E-state index in [-0.39, 0.29) is 0 Å². The Morgan fingerprint density at radius 3 is 1.54 bits per heavy atom. The molecule has 0 aromatic rings. The Bertz CT molecular complexity index is 350. The van der Waals surface area contributed by atoms with Gasteiger partial charge >= 0.3 is 10.4 Å². The standard InChI is InChI=1S/C18H39N.H2O4S/c1-5-7-8-9-10-11-12-13-14-15-18(17(4)19)16(3)6-2;1-5(2,3)4/h16-18H,5-15,19H2,1-4H3;(H2,1,2,3,4). The summed E-state index contributed by atoms with van der Waals surface area (Å²) >= 11 is 0. The predicted octanol–water partition coefficient (Wildman–Crippen LogP) is 5.26. The zero-order valence-corrected chi connectivity index (χ0v) is 17.0. The molecule has 0 saturated carbocycles. The van der Waals surface area contributed by atoms with Gasteiger partial charge in [0.25, 0.3) is 0 Å². The van der Waals surface area contributed by atoms with Gasteiger partial charge in [-0.2, -0.15) is 8.42 Å². The third-order valence-electron chi connectivity index (χ3n) is 4.69. The summed E-state index contributed by atoms with van der Waals surface area (Å²) in [6, 6.07) is 0.365. The maximum absolute atomic E-state index is 8.74. The van der Waals surface area contributed by atoms with Crippen LogP contribution >= 0.6 is 0 Å². The van der Waals surface area contributed by atoms with E-state index >= 15 is 0 Å². The maximum atomic E-state index is 8.74. The fourth-order valence-corrected chi connectivity index (χ4v) is 3.06. The molecule has 0 aliphatic heterocycles. The second kappa shape index (κ2) is 16.3. The average molecular weight is 368 g/mol. The van der Waals surface area contributed by atoms with E-state index in [0.29, 0.717) is 6.04 Å². The van der Waals surface area contributed by atoms with Gasteiger partial charge in [0.05, 0.1) is 0 Å². The third kappa shape index (κ3) is 21.8. The lowest BCUT2D eigenvalue weighted by atomic mass is 9.82. The zero-order valence-electron chi connectivity index (χ0n) is 16.2. The van der Waals surface area contributed by atoms with Crippen molar-refractivity contribution in [2.45, 2.75) is 104 Å². The normalized spacial score (nSPS) is 15.3. The number of unbranched alkanes of at least 4 members (excludes halogenated alkanes) is 8. The summed E-state index contributed by atoms with van der Waals surface area (Å²) in [6.45, 7) is 9.12. The Kier molecular flexibility index (Phi) is 17.7. The molecule has 0 aliphatic carbocycles. The molecule has 148 valence electrons. The lowest BCUT2D eigenvalue weighted by Gasteiger charge is -2.26. The van der Waals surface area contributed by atoms with E-state index in [1.54, 1.807) is 0 Å². The molecule has 4 N–H and O–H groups in total. The first kappa shape index (κ1) is 26.1. The molecule has 5 nitrogen and oxygen atoms in total. The molecule has 24 heavy (non-hydrogen) atoms. The molecule has 0 radical (unpaired) electrons. The second-order valence-electron chi connectivity index (χ2n) is 6.97. The summed E-state index contributed by atoms with van der Waals surface area (Å²) in [6.07, 6.45) is 15.4. The van der Waals surface area contributed by atoms with Crippen LogP contribution in [0.15, 0.2) is 0 Å². The summed E-state index contributed by atoms with van der Waals surface area (Å²) in [5.74, 6) is 1.52. The Morgan fingerprint density at radius 1 is 0.833 bits per heavy atom. The zero-order chi connectivity index (χ0) is 19.0. The molecule has 3 unspecified atom stereocenters. The highest BCUT2D eigenvalue weighted by molar-refractivity contribution is 7.79. The van der Waals surface area contributed by atoms with Crippen molar-refractivity contribution >= 4 is 10.4 Å². The quantitative estimate of drug-likeness (QED) is 0.304. The van der Waals surface area contributed by atoms with Crippen LogP contribution in [0.3, 0.4) is 0 Å². The molecular weight excluding hydrogens is 326 g/mol. The van der Waals surface area contributed by atoms with Gasteiger partial charge in [-0.3, -0.25) is 9.11 Å². The van der Waals surface area contributed by atoms with E-state index in [9.17, 15) is 0 Å². The third-order valence-corrected chi connectivity index (χ3v) is 4.69. The first-order chi connectivity index (χ1) is 11.1. The van der Waals surface area contributed by atoms with Crippen molar-refractivity contribution in [2.75, 3.05) is 0 Å². The van der Waals surface area contributed by atoms with Crippen molar-refractivity contribution in [3.63, 3.8) is 0 Å². The number of rotatable bonds is 13. The smallest absolute Gasteiger partial charge is 0.328 e. The summed E-state index contributed by atoms with van der Waals surface area (Å²) in [7, 11) is -4.67. The molecule has 6 heteroatoms. The van der Waals surface area contributed by atoms with Crippen LogP contribution in [0, 0.1) is 11.8 Å². The van der Waals surface area contributed by atoms with Gasteiger partial charge in [-0.1, -0.05) is 85.0 Å². The molecule has 0 fully saturated rings. The van der Waals surface area contributed by atoms with Crippen LogP contribution in [-0.2, 0) is 10.4 Å². The molecular formula is C18H41NO4S. The highest BCUT2D eigenvalue weighted by Gasteiger charge is 2.19. The number of nitrogens with two attached hydrogens (primary N) is 1. The van der Waals surface area contributed by atoms with Crippen LogP contribution in [0.2, 0.25) is 0 Å². The molecule has 3 atom stereocenters. The predicted molar refractivity (Wildman–Crippen MR) is 103 cm³/mol. The molecule has 0 bridgehead atoms. The first-order valence-corrected chi connectivity index (χ1v) is 11.0. The van der Waals surface area contributed by atoms with Crippen molar-refractivity contribution < 1.29 is 17.5 Å². The van der Waals surface area contributed by atoms with E-state index in [1.807, 2.05) is 0 Å². The molecule has 0 rings (SSSR count). The van der Waals surface area contributed by atoms with Crippen molar-refractivity contribution in [1.82, 2.24) is 0 Å². The highest BCUT2D eigenvalue weighted by atomic mass is 32.3. The van der Waals surface area contributed by atoms with Gasteiger partial charge in [-0.15, -0.1) is 0 Å².